The molecule has 192 valence electrons. The minimum atomic E-state index is -0.0939. The van der Waals surface area contributed by atoms with Crippen molar-refractivity contribution in [2.24, 2.45) is 0 Å². The van der Waals surface area contributed by atoms with Gasteiger partial charge in [-0.15, -0.1) is 0 Å². The molecule has 0 saturated carbocycles. The molecule has 1 heteroatoms. The monoisotopic (exact) mass is 493 g/mol. The molecule has 1 nitrogen and oxygen atoms in total. The van der Waals surface area contributed by atoms with Gasteiger partial charge in [0.05, 0.1) is 5.48 Å². The lowest BCUT2D eigenvalue weighted by Gasteiger charge is -2.26. The fraction of sp³-hybridized carbons (Fsp3) is 0.333. The summed E-state index contributed by atoms with van der Waals surface area (Å²) < 4.78 is 35.7. The van der Waals surface area contributed by atoms with Gasteiger partial charge in [-0.05, 0) is 55.2 Å². The third kappa shape index (κ3) is 5.82. The molecule has 0 aliphatic rings. The fourth-order valence-electron chi connectivity index (χ4n) is 4.41. The Kier molecular flexibility index (Phi) is 5.60. The second kappa shape index (κ2) is 9.53. The Hall–Kier alpha value is -3.32. The van der Waals surface area contributed by atoms with Crippen LogP contribution in [0.1, 0.15) is 84.5 Å². The van der Waals surface area contributed by atoms with Crippen molar-refractivity contribution in [1.29, 1.82) is 0 Å². The predicted octanol–water partition coefficient (Wildman–Crippen LogP) is 10.2. The third-order valence-electron chi connectivity index (χ3n) is 7.02. The summed E-state index contributed by atoms with van der Waals surface area (Å²) >= 11 is 0. The Morgan fingerprint density at radius 3 is 1.38 bits per heavy atom. The highest BCUT2D eigenvalue weighted by atomic mass is 14.6. The molecule has 0 aliphatic heterocycles. The number of benzene rings is 4. The van der Waals surface area contributed by atoms with E-state index in [0.717, 1.165) is 16.7 Å². The molecule has 4 aromatic rings. The van der Waals surface area contributed by atoms with Crippen molar-refractivity contribution >= 4 is 5.69 Å². The van der Waals surface area contributed by atoms with Gasteiger partial charge in [-0.3, -0.25) is 0 Å². The van der Waals surface area contributed by atoms with Crippen LogP contribution in [0, 0.1) is 0 Å². The molecular formula is C36H43N. The quantitative estimate of drug-likeness (QED) is 0.282. The number of para-hydroxylation sites is 1. The Balaban J connectivity index is 1.91. The summed E-state index contributed by atoms with van der Waals surface area (Å²) in [5.74, 6) is 0. The van der Waals surface area contributed by atoms with Crippen molar-refractivity contribution in [2.75, 3.05) is 5.73 Å². The van der Waals surface area contributed by atoms with E-state index >= 15 is 0 Å². The van der Waals surface area contributed by atoms with E-state index in [0.29, 0.717) is 22.4 Å². The molecule has 0 aliphatic carbocycles. The number of nitrogen functional groups attached to an aromatic ring is 1. The van der Waals surface area contributed by atoms with E-state index in [2.05, 4.69) is 80.5 Å². The van der Waals surface area contributed by atoms with Gasteiger partial charge in [0.1, 0.15) is 0 Å². The van der Waals surface area contributed by atoms with Crippen LogP contribution in [0.2, 0.25) is 0 Å². The minimum Gasteiger partial charge on any atom is -0.398 e. The van der Waals surface area contributed by atoms with Gasteiger partial charge in [-0.2, -0.15) is 0 Å². The van der Waals surface area contributed by atoms with Crippen molar-refractivity contribution in [3.05, 3.63) is 102 Å². The van der Waals surface area contributed by atoms with Gasteiger partial charge < -0.3 is 5.73 Å². The van der Waals surface area contributed by atoms with Gasteiger partial charge in [0.25, 0.3) is 0 Å². The van der Waals surface area contributed by atoms with E-state index < -0.39 is 0 Å². The first-order valence-corrected chi connectivity index (χ1v) is 13.1. The van der Waals surface area contributed by atoms with Crippen LogP contribution >= 0.6 is 0 Å². The van der Waals surface area contributed by atoms with Gasteiger partial charge in [0.2, 0.25) is 0 Å². The molecule has 4 rings (SSSR count). The van der Waals surface area contributed by atoms with E-state index in [1.165, 1.54) is 11.1 Å². The molecule has 0 saturated heterocycles. The van der Waals surface area contributed by atoms with Gasteiger partial charge in [0.15, 0.2) is 0 Å². The van der Waals surface area contributed by atoms with Crippen LogP contribution in [0.15, 0.2) is 84.8 Å². The summed E-state index contributed by atoms with van der Waals surface area (Å²) in [6, 6.07) is 19.7. The number of hydrogen-bond donors (Lipinski definition) is 1. The van der Waals surface area contributed by atoms with Crippen molar-refractivity contribution < 1.29 is 5.48 Å². The maximum absolute atomic E-state index is 8.96. The predicted molar refractivity (Wildman–Crippen MR) is 163 cm³/mol. The lowest BCUT2D eigenvalue weighted by atomic mass is 9.78. The molecule has 0 fully saturated rings. The molecule has 0 aromatic heterocycles. The van der Waals surface area contributed by atoms with Crippen LogP contribution in [0.3, 0.4) is 0 Å². The van der Waals surface area contributed by atoms with Gasteiger partial charge in [-0.25, -0.2) is 0 Å². The standard InChI is InChI=1S/C36H43N/c1-34(2,3)28-19-17-25(18-20-28)24-13-15-26(16-14-24)31-11-10-12-32(33(31)37)27-21-29(35(4,5)6)23-30(22-27)36(7,8)9/h10-23H,37H2,1-9H3/i13D,14D,15D,16D. The summed E-state index contributed by atoms with van der Waals surface area (Å²) in [4.78, 5) is 0. The molecule has 0 spiro atoms. The highest BCUT2D eigenvalue weighted by Crippen LogP contribution is 2.39. The largest absolute Gasteiger partial charge is 0.398 e. The van der Waals surface area contributed by atoms with Crippen LogP contribution in [0.5, 0.6) is 0 Å². The first-order chi connectivity index (χ1) is 18.8. The van der Waals surface area contributed by atoms with Crippen molar-refractivity contribution in [3.8, 4) is 33.4 Å². The molecule has 0 atom stereocenters. The van der Waals surface area contributed by atoms with E-state index in [1.54, 1.807) is 6.07 Å². The topological polar surface area (TPSA) is 26.0 Å². The average molecular weight is 494 g/mol. The maximum Gasteiger partial charge on any atom is 0.0629 e. The van der Waals surface area contributed by atoms with Gasteiger partial charge in [0, 0.05) is 16.8 Å². The van der Waals surface area contributed by atoms with Crippen LogP contribution in [-0.2, 0) is 16.2 Å². The highest BCUT2D eigenvalue weighted by Gasteiger charge is 2.22. The number of rotatable bonds is 3. The highest BCUT2D eigenvalue weighted by molar-refractivity contribution is 5.89. The second-order valence-corrected chi connectivity index (χ2v) is 13.1. The fourth-order valence-corrected chi connectivity index (χ4v) is 4.41. The Morgan fingerprint density at radius 2 is 0.919 bits per heavy atom. The molecule has 0 unspecified atom stereocenters. The molecule has 37 heavy (non-hydrogen) atoms. The first kappa shape index (κ1) is 21.7. The zero-order valence-corrected chi connectivity index (χ0v) is 23.9. The van der Waals surface area contributed by atoms with E-state index in [-0.39, 0.29) is 46.0 Å². The summed E-state index contributed by atoms with van der Waals surface area (Å²) in [5, 5.41) is 0. The Labute approximate surface area is 230 Å². The van der Waals surface area contributed by atoms with Crippen molar-refractivity contribution in [1.82, 2.24) is 0 Å². The SMILES string of the molecule is [2H]c1c([2H])c(-c2cccc(-c3cc(C(C)(C)C)cc(C(C)(C)C)c3)c2N)c([2H])c([2H])c1-c1ccc(C(C)(C)C)cc1. The van der Waals surface area contributed by atoms with Gasteiger partial charge >= 0.3 is 0 Å². The van der Waals surface area contributed by atoms with Gasteiger partial charge in [-0.1, -0.05) is 147 Å². The number of nitrogens with two attached hydrogens (primary N) is 1. The summed E-state index contributed by atoms with van der Waals surface area (Å²) in [6.07, 6.45) is 0. The lowest BCUT2D eigenvalue weighted by Crippen LogP contribution is -2.16. The molecule has 0 heterocycles. The smallest absolute Gasteiger partial charge is 0.0629 e. The third-order valence-corrected chi connectivity index (χ3v) is 7.02. The molecule has 2 N–H and O–H groups in total. The summed E-state index contributed by atoms with van der Waals surface area (Å²) in [5.41, 5.74) is 14.1. The van der Waals surface area contributed by atoms with Crippen LogP contribution in [0.4, 0.5) is 5.69 Å². The zero-order chi connectivity index (χ0) is 30.7. The summed E-state index contributed by atoms with van der Waals surface area (Å²) in [7, 11) is 0. The maximum atomic E-state index is 8.96. The first-order valence-electron chi connectivity index (χ1n) is 15.1. The number of anilines is 1. The Bertz CT molecular complexity index is 1550. The normalized spacial score (nSPS) is 14.1. The van der Waals surface area contributed by atoms with E-state index in [4.69, 9.17) is 11.2 Å². The van der Waals surface area contributed by atoms with Crippen LogP contribution < -0.4 is 5.73 Å². The molecular weight excluding hydrogens is 446 g/mol. The minimum absolute atomic E-state index is 0.0280. The number of hydrogen-bond acceptors (Lipinski definition) is 1. The zero-order valence-electron chi connectivity index (χ0n) is 27.9. The molecule has 0 radical (unpaired) electrons. The summed E-state index contributed by atoms with van der Waals surface area (Å²) in [6.45, 7) is 19.6. The lowest BCUT2D eigenvalue weighted by molar-refractivity contribution is 0.569. The Morgan fingerprint density at radius 1 is 0.486 bits per heavy atom. The molecule has 4 aromatic carbocycles. The van der Waals surface area contributed by atoms with E-state index in [9.17, 15) is 0 Å². The molecule has 0 amide bonds. The van der Waals surface area contributed by atoms with Crippen molar-refractivity contribution in [2.45, 2.75) is 78.6 Å². The molecule has 0 bridgehead atoms. The van der Waals surface area contributed by atoms with Crippen LogP contribution in [0.25, 0.3) is 33.4 Å². The average Bonchev–Trinajstić information content (AvgIpc) is 2.87. The van der Waals surface area contributed by atoms with Crippen molar-refractivity contribution in [3.63, 3.8) is 0 Å². The van der Waals surface area contributed by atoms with Crippen LogP contribution in [-0.4, -0.2) is 0 Å². The second-order valence-electron chi connectivity index (χ2n) is 13.1. The van der Waals surface area contributed by atoms with E-state index in [1.807, 2.05) is 36.4 Å².